The molecule has 5 nitrogen and oxygen atoms in total. The molecular formula is C20H35N3O2. The van der Waals surface area contributed by atoms with E-state index in [1.807, 2.05) is 33.8 Å². The zero-order chi connectivity index (χ0) is 19.0. The Morgan fingerprint density at radius 3 is 2.48 bits per heavy atom. The largest absolute Gasteiger partial charge is 0.444 e. The van der Waals surface area contributed by atoms with Crippen LogP contribution in [-0.4, -0.2) is 23.2 Å². The van der Waals surface area contributed by atoms with Crippen LogP contribution in [0.5, 0.6) is 0 Å². The van der Waals surface area contributed by atoms with E-state index in [0.717, 1.165) is 23.9 Å². The SMILES string of the molecule is Cc1nc(CNC(=O)OC(C)(C)C)ccc1C(C)NCCCC(C)C. The summed E-state index contributed by atoms with van der Waals surface area (Å²) in [5.41, 5.74) is 2.53. The number of ether oxygens (including phenoxy) is 1. The second-order valence-electron chi connectivity index (χ2n) is 8.04. The maximum Gasteiger partial charge on any atom is 0.407 e. The van der Waals surface area contributed by atoms with Crippen molar-refractivity contribution in [3.05, 3.63) is 29.1 Å². The van der Waals surface area contributed by atoms with Gasteiger partial charge in [0.05, 0.1) is 12.2 Å². The fourth-order valence-electron chi connectivity index (χ4n) is 2.60. The average molecular weight is 350 g/mol. The maximum absolute atomic E-state index is 11.7. The Morgan fingerprint density at radius 1 is 1.24 bits per heavy atom. The third-order valence-electron chi connectivity index (χ3n) is 3.87. The molecule has 0 saturated carbocycles. The van der Waals surface area contributed by atoms with Gasteiger partial charge in [-0.3, -0.25) is 4.98 Å². The van der Waals surface area contributed by atoms with E-state index in [1.165, 1.54) is 18.4 Å². The Balaban J connectivity index is 2.51. The van der Waals surface area contributed by atoms with Gasteiger partial charge in [0, 0.05) is 11.7 Å². The molecule has 0 aromatic carbocycles. The number of rotatable bonds is 8. The monoisotopic (exact) mass is 349 g/mol. The van der Waals surface area contributed by atoms with Crippen molar-refractivity contribution in [3.8, 4) is 0 Å². The Hall–Kier alpha value is -1.62. The van der Waals surface area contributed by atoms with Crippen LogP contribution in [-0.2, 0) is 11.3 Å². The highest BCUT2D eigenvalue weighted by Crippen LogP contribution is 2.17. The molecule has 1 unspecified atom stereocenters. The van der Waals surface area contributed by atoms with Crippen molar-refractivity contribution >= 4 is 6.09 Å². The van der Waals surface area contributed by atoms with E-state index in [1.54, 1.807) is 0 Å². The molecule has 1 atom stereocenters. The Kier molecular flexibility index (Phi) is 8.36. The summed E-state index contributed by atoms with van der Waals surface area (Å²) < 4.78 is 5.24. The molecule has 1 amide bonds. The van der Waals surface area contributed by atoms with Crippen molar-refractivity contribution in [1.29, 1.82) is 0 Å². The van der Waals surface area contributed by atoms with Crippen molar-refractivity contribution in [3.63, 3.8) is 0 Å². The van der Waals surface area contributed by atoms with Gasteiger partial charge < -0.3 is 15.4 Å². The molecule has 1 aromatic rings. The summed E-state index contributed by atoms with van der Waals surface area (Å²) >= 11 is 0. The number of pyridine rings is 1. The number of alkyl carbamates (subject to hydrolysis) is 1. The standard InChI is InChI=1S/C20H35N3O2/c1-14(2)9-8-12-21-15(3)18-11-10-17(23-16(18)4)13-22-19(24)25-20(5,6)7/h10-11,14-15,21H,8-9,12-13H2,1-7H3,(H,22,24). The Bertz CT molecular complexity index is 550. The fourth-order valence-corrected chi connectivity index (χ4v) is 2.60. The molecule has 142 valence electrons. The lowest BCUT2D eigenvalue weighted by Gasteiger charge is -2.20. The van der Waals surface area contributed by atoms with Crippen LogP contribution >= 0.6 is 0 Å². The summed E-state index contributed by atoms with van der Waals surface area (Å²) in [6.45, 7) is 15.6. The molecule has 25 heavy (non-hydrogen) atoms. The van der Waals surface area contributed by atoms with Crippen LogP contribution in [0.15, 0.2) is 12.1 Å². The van der Waals surface area contributed by atoms with Crippen molar-refractivity contribution in [2.45, 2.75) is 79.5 Å². The van der Waals surface area contributed by atoms with Gasteiger partial charge in [-0.25, -0.2) is 4.79 Å². The molecular weight excluding hydrogens is 314 g/mol. The molecule has 0 radical (unpaired) electrons. The van der Waals surface area contributed by atoms with Crippen molar-refractivity contribution in [2.24, 2.45) is 5.92 Å². The molecule has 0 bridgehead atoms. The summed E-state index contributed by atoms with van der Waals surface area (Å²) in [7, 11) is 0. The fraction of sp³-hybridized carbons (Fsp3) is 0.700. The third-order valence-corrected chi connectivity index (χ3v) is 3.87. The normalized spacial score (nSPS) is 13.0. The van der Waals surface area contributed by atoms with Crippen molar-refractivity contribution < 1.29 is 9.53 Å². The molecule has 1 aromatic heterocycles. The van der Waals surface area contributed by atoms with E-state index in [4.69, 9.17) is 4.74 Å². The highest BCUT2D eigenvalue weighted by molar-refractivity contribution is 5.67. The van der Waals surface area contributed by atoms with E-state index in [-0.39, 0.29) is 6.04 Å². The van der Waals surface area contributed by atoms with Gasteiger partial charge in [0.25, 0.3) is 0 Å². The highest BCUT2D eigenvalue weighted by atomic mass is 16.6. The molecule has 0 spiro atoms. The molecule has 5 heteroatoms. The van der Waals surface area contributed by atoms with Gasteiger partial charge in [0.2, 0.25) is 0 Å². The first-order valence-corrected chi connectivity index (χ1v) is 9.25. The van der Waals surface area contributed by atoms with Crippen LogP contribution in [0.1, 0.15) is 77.4 Å². The predicted molar refractivity (Wildman–Crippen MR) is 103 cm³/mol. The molecule has 0 aliphatic heterocycles. The minimum atomic E-state index is -0.492. The number of nitrogens with one attached hydrogen (secondary N) is 2. The first-order chi connectivity index (χ1) is 11.6. The second kappa shape index (κ2) is 9.76. The molecule has 2 N–H and O–H groups in total. The number of nitrogens with zero attached hydrogens (tertiary/aromatic N) is 1. The summed E-state index contributed by atoms with van der Waals surface area (Å²) in [6.07, 6.45) is 2.01. The Labute approximate surface area is 152 Å². The molecule has 1 heterocycles. The van der Waals surface area contributed by atoms with E-state index < -0.39 is 11.7 Å². The van der Waals surface area contributed by atoms with Crippen molar-refractivity contribution in [2.75, 3.05) is 6.54 Å². The van der Waals surface area contributed by atoms with Gasteiger partial charge in [-0.2, -0.15) is 0 Å². The number of carbonyl (C=O) groups is 1. The van der Waals surface area contributed by atoms with E-state index in [9.17, 15) is 4.79 Å². The van der Waals surface area contributed by atoms with Crippen LogP contribution in [0, 0.1) is 12.8 Å². The first kappa shape index (κ1) is 21.4. The minimum Gasteiger partial charge on any atom is -0.444 e. The molecule has 1 rings (SSSR count). The number of amides is 1. The van der Waals surface area contributed by atoms with Gasteiger partial charge >= 0.3 is 6.09 Å². The molecule has 0 aliphatic carbocycles. The number of hydrogen-bond donors (Lipinski definition) is 2. The van der Waals surface area contributed by atoms with Gasteiger partial charge in [-0.15, -0.1) is 0 Å². The average Bonchev–Trinajstić information content (AvgIpc) is 2.47. The second-order valence-corrected chi connectivity index (χ2v) is 8.04. The van der Waals surface area contributed by atoms with Crippen LogP contribution in [0.2, 0.25) is 0 Å². The van der Waals surface area contributed by atoms with Crippen LogP contribution in [0.4, 0.5) is 4.79 Å². The summed E-state index contributed by atoms with van der Waals surface area (Å²) in [5, 5.41) is 6.31. The predicted octanol–water partition coefficient (Wildman–Crippen LogP) is 4.50. The lowest BCUT2D eigenvalue weighted by Crippen LogP contribution is -2.32. The van der Waals surface area contributed by atoms with E-state index in [2.05, 4.69) is 42.5 Å². The molecule has 0 saturated heterocycles. The van der Waals surface area contributed by atoms with Crippen LogP contribution in [0.3, 0.4) is 0 Å². The topological polar surface area (TPSA) is 63.2 Å². The maximum atomic E-state index is 11.7. The number of carbonyl (C=O) groups excluding carboxylic acids is 1. The van der Waals surface area contributed by atoms with Gasteiger partial charge in [-0.1, -0.05) is 19.9 Å². The van der Waals surface area contributed by atoms with Crippen LogP contribution < -0.4 is 10.6 Å². The highest BCUT2D eigenvalue weighted by Gasteiger charge is 2.16. The molecule has 0 fully saturated rings. The lowest BCUT2D eigenvalue weighted by molar-refractivity contribution is 0.0523. The van der Waals surface area contributed by atoms with Crippen LogP contribution in [0.25, 0.3) is 0 Å². The van der Waals surface area contributed by atoms with E-state index in [0.29, 0.717) is 6.54 Å². The van der Waals surface area contributed by atoms with Gasteiger partial charge in [-0.05, 0) is 71.6 Å². The van der Waals surface area contributed by atoms with Gasteiger partial charge in [0.1, 0.15) is 5.60 Å². The lowest BCUT2D eigenvalue weighted by atomic mass is 10.1. The number of hydrogen-bond acceptors (Lipinski definition) is 4. The summed E-state index contributed by atoms with van der Waals surface area (Å²) in [6, 6.07) is 4.33. The quantitative estimate of drug-likeness (QED) is 0.678. The zero-order valence-corrected chi connectivity index (χ0v) is 16.9. The minimum absolute atomic E-state index is 0.271. The smallest absolute Gasteiger partial charge is 0.407 e. The van der Waals surface area contributed by atoms with Crippen molar-refractivity contribution in [1.82, 2.24) is 15.6 Å². The number of aromatic nitrogens is 1. The first-order valence-electron chi connectivity index (χ1n) is 9.25. The summed E-state index contributed by atoms with van der Waals surface area (Å²) in [4.78, 5) is 16.3. The van der Waals surface area contributed by atoms with E-state index >= 15 is 0 Å². The van der Waals surface area contributed by atoms with Gasteiger partial charge in [0.15, 0.2) is 0 Å². The number of aryl methyl sites for hydroxylation is 1. The Morgan fingerprint density at radius 2 is 1.92 bits per heavy atom. The zero-order valence-electron chi connectivity index (χ0n) is 16.9. The third kappa shape index (κ3) is 8.87. The molecule has 0 aliphatic rings. The summed E-state index contributed by atoms with van der Waals surface area (Å²) in [5.74, 6) is 0.747.